The second-order valence-corrected chi connectivity index (χ2v) is 6.84. The zero-order valence-corrected chi connectivity index (χ0v) is 15.0. The van der Waals surface area contributed by atoms with Crippen LogP contribution in [-0.4, -0.2) is 25.5 Å². The summed E-state index contributed by atoms with van der Waals surface area (Å²) in [7, 11) is 0. The summed E-state index contributed by atoms with van der Waals surface area (Å²) in [5.41, 5.74) is 2.36. The van der Waals surface area contributed by atoms with Gasteiger partial charge in [-0.3, -0.25) is 4.79 Å². The number of piperidine rings is 1. The number of halogens is 1. The molecule has 1 saturated heterocycles. The van der Waals surface area contributed by atoms with E-state index in [0.717, 1.165) is 31.5 Å². The van der Waals surface area contributed by atoms with E-state index < -0.39 is 0 Å². The second-order valence-electron chi connectivity index (χ2n) is 6.39. The molecule has 1 aliphatic heterocycles. The Balaban J connectivity index is 2.18. The van der Waals surface area contributed by atoms with E-state index in [0.29, 0.717) is 12.1 Å². The summed E-state index contributed by atoms with van der Waals surface area (Å²) in [6.45, 7) is 11.8. The van der Waals surface area contributed by atoms with Crippen LogP contribution in [0.25, 0.3) is 0 Å². The minimum Gasteiger partial charge on any atom is -0.351 e. The van der Waals surface area contributed by atoms with E-state index in [1.54, 1.807) is 6.08 Å². The quantitative estimate of drug-likeness (QED) is 0.610. The molecule has 1 amide bonds. The zero-order chi connectivity index (χ0) is 17.6. The molecule has 2 N–H and O–H groups in total. The largest absolute Gasteiger partial charge is 0.351 e. The minimum atomic E-state index is -0.202. The topological polar surface area (TPSA) is 41.1 Å². The third-order valence-corrected chi connectivity index (χ3v) is 4.67. The Morgan fingerprint density at radius 1 is 1.29 bits per heavy atom. The fourth-order valence-corrected chi connectivity index (χ4v) is 3.26. The van der Waals surface area contributed by atoms with Gasteiger partial charge >= 0.3 is 0 Å². The Hall–Kier alpha value is -1.84. The van der Waals surface area contributed by atoms with Crippen molar-refractivity contribution in [3.8, 4) is 0 Å². The van der Waals surface area contributed by atoms with Crippen LogP contribution in [0.1, 0.15) is 25.3 Å². The van der Waals surface area contributed by atoms with Crippen molar-refractivity contribution in [2.45, 2.75) is 25.2 Å². The van der Waals surface area contributed by atoms with Gasteiger partial charge in [0.05, 0.1) is 5.57 Å². The highest BCUT2D eigenvalue weighted by Crippen LogP contribution is 2.33. The first-order valence-corrected chi connectivity index (χ1v) is 8.59. The van der Waals surface area contributed by atoms with Gasteiger partial charge in [-0.05, 0) is 44.5 Å². The van der Waals surface area contributed by atoms with Crippen LogP contribution >= 0.6 is 11.6 Å². The Kier molecular flexibility index (Phi) is 6.41. The summed E-state index contributed by atoms with van der Waals surface area (Å²) in [6.07, 6.45) is 3.64. The van der Waals surface area contributed by atoms with E-state index >= 15 is 0 Å². The monoisotopic (exact) mass is 344 g/mol. The molecule has 128 valence electrons. The normalized spacial score (nSPS) is 17.2. The molecule has 0 atom stereocenters. The van der Waals surface area contributed by atoms with Gasteiger partial charge in [-0.25, -0.2) is 0 Å². The van der Waals surface area contributed by atoms with Gasteiger partial charge in [-0.2, -0.15) is 0 Å². The van der Waals surface area contributed by atoms with E-state index in [2.05, 4.69) is 35.9 Å². The van der Waals surface area contributed by atoms with Gasteiger partial charge < -0.3 is 10.6 Å². The first kappa shape index (κ1) is 18.5. The first-order chi connectivity index (χ1) is 11.4. The Morgan fingerprint density at radius 3 is 2.46 bits per heavy atom. The average molecular weight is 345 g/mol. The number of hydrogen-bond acceptors (Lipinski definition) is 2. The first-order valence-electron chi connectivity index (χ1n) is 8.21. The van der Waals surface area contributed by atoms with Crippen LogP contribution in [0.2, 0.25) is 0 Å². The predicted molar refractivity (Wildman–Crippen MR) is 101 cm³/mol. The average Bonchev–Trinajstić information content (AvgIpc) is 2.59. The molecular formula is C20H25ClN2O. The highest BCUT2D eigenvalue weighted by Gasteiger charge is 2.34. The van der Waals surface area contributed by atoms with E-state index in [1.807, 2.05) is 25.1 Å². The number of rotatable bonds is 6. The van der Waals surface area contributed by atoms with Crippen LogP contribution in [0, 0.1) is 0 Å². The second kappa shape index (κ2) is 8.32. The minimum absolute atomic E-state index is 0.0514. The van der Waals surface area contributed by atoms with Gasteiger partial charge in [0.25, 0.3) is 5.91 Å². The number of carbonyl (C=O) groups is 1. The van der Waals surface area contributed by atoms with Crippen molar-refractivity contribution < 1.29 is 4.79 Å². The van der Waals surface area contributed by atoms with Crippen molar-refractivity contribution in [2.75, 3.05) is 19.6 Å². The zero-order valence-electron chi connectivity index (χ0n) is 14.2. The third kappa shape index (κ3) is 4.59. The van der Waals surface area contributed by atoms with E-state index in [1.165, 1.54) is 5.56 Å². The maximum absolute atomic E-state index is 12.6. The standard InChI is InChI=1S/C20H25ClN2O/c1-15(2)13-18(16(3)21)19(24)23-14-20(9-11-22-12-10-20)17-7-5-4-6-8-17/h4-8,13,22H,1,3,9-12,14H2,2H3,(H,23,24)/b18-13+. The van der Waals surface area contributed by atoms with Crippen LogP contribution in [0.3, 0.4) is 0 Å². The van der Waals surface area contributed by atoms with E-state index in [9.17, 15) is 4.79 Å². The van der Waals surface area contributed by atoms with Crippen LogP contribution in [0.5, 0.6) is 0 Å². The third-order valence-electron chi connectivity index (χ3n) is 4.46. The van der Waals surface area contributed by atoms with Crippen LogP contribution < -0.4 is 10.6 Å². The lowest BCUT2D eigenvalue weighted by Gasteiger charge is -2.38. The van der Waals surface area contributed by atoms with Crippen molar-refractivity contribution >= 4 is 17.5 Å². The molecule has 1 fully saturated rings. The molecule has 4 heteroatoms. The van der Waals surface area contributed by atoms with Gasteiger partial charge in [0.15, 0.2) is 0 Å². The molecule has 1 aromatic rings. The number of benzene rings is 1. The Morgan fingerprint density at radius 2 is 1.92 bits per heavy atom. The molecule has 1 heterocycles. The molecule has 1 aliphatic rings. The highest BCUT2D eigenvalue weighted by molar-refractivity contribution is 6.35. The van der Waals surface area contributed by atoms with Gasteiger partial charge in [0.2, 0.25) is 0 Å². The number of amides is 1. The summed E-state index contributed by atoms with van der Waals surface area (Å²) in [5, 5.41) is 6.68. The lowest BCUT2D eigenvalue weighted by molar-refractivity contribution is -0.117. The smallest absolute Gasteiger partial charge is 0.252 e. The van der Waals surface area contributed by atoms with E-state index in [-0.39, 0.29) is 16.4 Å². The molecule has 1 aromatic carbocycles. The number of carbonyl (C=O) groups excluding carboxylic acids is 1. The van der Waals surface area contributed by atoms with Gasteiger partial charge in [0.1, 0.15) is 0 Å². The van der Waals surface area contributed by atoms with Crippen LogP contribution in [-0.2, 0) is 10.2 Å². The predicted octanol–water partition coefficient (Wildman–Crippen LogP) is 3.68. The van der Waals surface area contributed by atoms with Gasteiger partial charge in [0, 0.05) is 17.0 Å². The maximum atomic E-state index is 12.6. The molecule has 0 saturated carbocycles. The molecule has 0 radical (unpaired) electrons. The van der Waals surface area contributed by atoms with Crippen LogP contribution in [0.4, 0.5) is 0 Å². The summed E-state index contributed by atoms with van der Waals surface area (Å²) >= 11 is 5.98. The van der Waals surface area contributed by atoms with Crippen molar-refractivity contribution in [3.63, 3.8) is 0 Å². The molecule has 2 rings (SSSR count). The summed E-state index contributed by atoms with van der Waals surface area (Å²) < 4.78 is 0. The lowest BCUT2D eigenvalue weighted by atomic mass is 9.73. The molecule has 0 spiro atoms. The number of allylic oxidation sites excluding steroid dienone is 2. The fourth-order valence-electron chi connectivity index (χ4n) is 3.12. The van der Waals surface area contributed by atoms with Crippen molar-refractivity contribution in [2.24, 2.45) is 0 Å². The van der Waals surface area contributed by atoms with Gasteiger partial charge in [-0.1, -0.05) is 60.7 Å². The lowest BCUT2D eigenvalue weighted by Crippen LogP contribution is -2.47. The molecule has 24 heavy (non-hydrogen) atoms. The molecule has 0 aliphatic carbocycles. The van der Waals surface area contributed by atoms with Crippen molar-refractivity contribution in [1.82, 2.24) is 10.6 Å². The molecular weight excluding hydrogens is 320 g/mol. The Bertz CT molecular complexity index is 643. The van der Waals surface area contributed by atoms with Crippen LogP contribution in [0.15, 0.2) is 65.7 Å². The SMILES string of the molecule is C=C(C)/C=C(\C(=C)Cl)C(=O)NCC1(c2ccccc2)CCNCC1. The molecule has 0 aromatic heterocycles. The van der Waals surface area contributed by atoms with E-state index in [4.69, 9.17) is 11.6 Å². The maximum Gasteiger partial charge on any atom is 0.252 e. The number of nitrogens with one attached hydrogen (secondary N) is 2. The Labute approximate surface area is 149 Å². The molecule has 0 bridgehead atoms. The summed E-state index contributed by atoms with van der Waals surface area (Å²) in [6, 6.07) is 10.4. The van der Waals surface area contributed by atoms with Gasteiger partial charge in [-0.15, -0.1) is 0 Å². The summed E-state index contributed by atoms with van der Waals surface area (Å²) in [5.74, 6) is -0.202. The number of hydrogen-bond donors (Lipinski definition) is 2. The molecule has 3 nitrogen and oxygen atoms in total. The fraction of sp³-hybridized carbons (Fsp3) is 0.350. The highest BCUT2D eigenvalue weighted by atomic mass is 35.5. The van der Waals surface area contributed by atoms with Crippen molar-refractivity contribution in [1.29, 1.82) is 0 Å². The summed E-state index contributed by atoms with van der Waals surface area (Å²) in [4.78, 5) is 12.6. The molecule has 0 unspecified atom stereocenters. The van der Waals surface area contributed by atoms with Crippen molar-refractivity contribution in [3.05, 3.63) is 71.3 Å².